The quantitative estimate of drug-likeness (QED) is 0.518. The molecule has 2 N–H and O–H groups in total. The van der Waals surface area contributed by atoms with E-state index in [1.165, 1.54) is 23.5 Å². The normalized spacial score (nSPS) is 13.0. The minimum absolute atomic E-state index is 0.0350. The smallest absolute Gasteiger partial charge is 0.269 e. The molecule has 0 aliphatic carbocycles. The van der Waals surface area contributed by atoms with Crippen molar-refractivity contribution in [2.75, 3.05) is 17.2 Å². The van der Waals surface area contributed by atoms with Crippen LogP contribution in [-0.4, -0.2) is 21.4 Å². The van der Waals surface area contributed by atoms with Gasteiger partial charge in [0.05, 0.1) is 17.0 Å². The van der Waals surface area contributed by atoms with E-state index in [2.05, 4.69) is 16.0 Å². The molecule has 0 spiro atoms. The molecule has 2 aromatic heterocycles. The predicted octanol–water partition coefficient (Wildman–Crippen LogP) is 3.69. The number of rotatable bonds is 4. The number of hydrogen-bond donors (Lipinski definition) is 1. The summed E-state index contributed by atoms with van der Waals surface area (Å²) in [6, 6.07) is 10.4. The van der Waals surface area contributed by atoms with Gasteiger partial charge in [0.2, 0.25) is 0 Å². The van der Waals surface area contributed by atoms with Crippen molar-refractivity contribution < 1.29 is 4.92 Å². The Kier molecular flexibility index (Phi) is 4.86. The molecular formula is C20H18N6O2S. The van der Waals surface area contributed by atoms with Crippen LogP contribution in [0.1, 0.15) is 28.6 Å². The second-order valence-electron chi connectivity index (χ2n) is 6.73. The van der Waals surface area contributed by atoms with E-state index >= 15 is 0 Å². The second kappa shape index (κ2) is 7.48. The monoisotopic (exact) mass is 406 g/mol. The number of nitriles is 1. The van der Waals surface area contributed by atoms with Crippen molar-refractivity contribution in [3.8, 4) is 17.5 Å². The van der Waals surface area contributed by atoms with Crippen LogP contribution in [0.3, 0.4) is 0 Å². The average Bonchev–Trinajstić information content (AvgIpc) is 3.07. The summed E-state index contributed by atoms with van der Waals surface area (Å²) in [6.45, 7) is 3.41. The first-order valence-corrected chi connectivity index (χ1v) is 9.99. The number of fused-ring (bicyclic) bond motifs is 1. The molecule has 8 nitrogen and oxygen atoms in total. The zero-order valence-electron chi connectivity index (χ0n) is 15.8. The van der Waals surface area contributed by atoms with E-state index in [1.54, 1.807) is 12.1 Å². The molecule has 0 radical (unpaired) electrons. The lowest BCUT2D eigenvalue weighted by atomic mass is 10.0. The summed E-state index contributed by atoms with van der Waals surface area (Å²) in [7, 11) is 0. The molecule has 0 bridgehead atoms. The number of aryl methyl sites for hydroxylation is 1. The van der Waals surface area contributed by atoms with Crippen LogP contribution in [0.25, 0.3) is 11.4 Å². The summed E-state index contributed by atoms with van der Waals surface area (Å²) in [4.78, 5) is 23.1. The fraction of sp³-hybridized carbons (Fsp3) is 0.250. The van der Waals surface area contributed by atoms with Gasteiger partial charge in [0, 0.05) is 40.9 Å². The maximum Gasteiger partial charge on any atom is 0.269 e. The Balaban J connectivity index is 1.68. The molecule has 29 heavy (non-hydrogen) atoms. The van der Waals surface area contributed by atoms with E-state index in [1.807, 2.05) is 13.0 Å². The molecule has 9 heteroatoms. The molecule has 1 aromatic carbocycles. The summed E-state index contributed by atoms with van der Waals surface area (Å²) >= 11 is 1.46. The predicted molar refractivity (Wildman–Crippen MR) is 112 cm³/mol. The maximum absolute atomic E-state index is 10.9. The largest absolute Gasteiger partial charge is 0.389 e. The topological polar surface area (TPSA) is 122 Å². The third-order valence-electron chi connectivity index (χ3n) is 4.98. The number of non-ortho nitro benzene ring substituents is 1. The molecule has 1 aliphatic rings. The lowest BCUT2D eigenvalue weighted by molar-refractivity contribution is -0.384. The minimum atomic E-state index is -0.425. The molecular weight excluding hydrogens is 388 g/mol. The number of thiophene rings is 1. The number of aromatic nitrogens is 2. The number of nitro groups is 1. The number of anilines is 2. The number of benzene rings is 1. The molecule has 4 rings (SSSR count). The Bertz CT molecular complexity index is 1130. The molecule has 0 fully saturated rings. The highest BCUT2D eigenvalue weighted by Gasteiger charge is 2.25. The van der Waals surface area contributed by atoms with Crippen molar-refractivity contribution >= 4 is 27.8 Å². The van der Waals surface area contributed by atoms with Gasteiger partial charge in [-0.2, -0.15) is 5.26 Å². The Morgan fingerprint density at radius 3 is 2.76 bits per heavy atom. The van der Waals surface area contributed by atoms with Crippen LogP contribution >= 0.6 is 11.3 Å². The average molecular weight is 406 g/mol. The van der Waals surface area contributed by atoms with Crippen molar-refractivity contribution in [3.05, 3.63) is 62.1 Å². The minimum Gasteiger partial charge on any atom is -0.389 e. The fourth-order valence-electron chi connectivity index (χ4n) is 3.43. The van der Waals surface area contributed by atoms with Crippen LogP contribution in [-0.2, 0) is 19.4 Å². The van der Waals surface area contributed by atoms with Gasteiger partial charge in [-0.1, -0.05) is 6.92 Å². The first kappa shape index (κ1) is 18.8. The number of hydrogen-bond acceptors (Lipinski definition) is 8. The molecule has 3 aromatic rings. The highest BCUT2D eigenvalue weighted by Crippen LogP contribution is 2.36. The van der Waals surface area contributed by atoms with E-state index in [-0.39, 0.29) is 5.69 Å². The summed E-state index contributed by atoms with van der Waals surface area (Å²) in [5.74, 6) is 1.35. The van der Waals surface area contributed by atoms with Gasteiger partial charge in [0.15, 0.2) is 5.82 Å². The summed E-state index contributed by atoms with van der Waals surface area (Å²) in [5, 5.41) is 20.8. The van der Waals surface area contributed by atoms with Crippen LogP contribution in [0.4, 0.5) is 16.5 Å². The van der Waals surface area contributed by atoms with E-state index < -0.39 is 4.92 Å². The second-order valence-corrected chi connectivity index (χ2v) is 7.86. The van der Waals surface area contributed by atoms with Crippen molar-refractivity contribution in [3.63, 3.8) is 0 Å². The molecule has 0 atom stereocenters. The fourth-order valence-corrected chi connectivity index (χ4v) is 4.51. The third-order valence-corrected chi connectivity index (χ3v) is 6.03. The molecule has 1 aliphatic heterocycles. The van der Waals surface area contributed by atoms with Gasteiger partial charge >= 0.3 is 0 Å². The molecule has 3 heterocycles. The Morgan fingerprint density at radius 1 is 1.34 bits per heavy atom. The standard InChI is InChI=1S/C20H18N6O2S/c1-2-13-9-18(24-20(23-13)12-3-5-14(6-4-12)26(27)28)25-8-7-15-16(10-21)19(22)29-17(15)11-25/h3-6,9H,2,7-8,11,22H2,1H3. The molecule has 0 saturated carbocycles. The van der Waals surface area contributed by atoms with Crippen LogP contribution in [0.5, 0.6) is 0 Å². The lowest BCUT2D eigenvalue weighted by Crippen LogP contribution is -2.30. The summed E-state index contributed by atoms with van der Waals surface area (Å²) < 4.78 is 0. The van der Waals surface area contributed by atoms with Gasteiger partial charge in [-0.05, 0) is 30.5 Å². The summed E-state index contributed by atoms with van der Waals surface area (Å²) in [5.41, 5.74) is 9.32. The van der Waals surface area contributed by atoms with Crippen LogP contribution in [0.2, 0.25) is 0 Å². The number of nitrogens with zero attached hydrogens (tertiary/aromatic N) is 5. The number of nitrogens with two attached hydrogens (primary N) is 1. The highest BCUT2D eigenvalue weighted by molar-refractivity contribution is 7.16. The Labute approximate surface area is 171 Å². The van der Waals surface area contributed by atoms with Crippen LogP contribution < -0.4 is 10.6 Å². The van der Waals surface area contributed by atoms with Crippen molar-refractivity contribution in [2.45, 2.75) is 26.3 Å². The van der Waals surface area contributed by atoms with Gasteiger partial charge in [-0.15, -0.1) is 11.3 Å². The van der Waals surface area contributed by atoms with Crippen molar-refractivity contribution in [2.24, 2.45) is 0 Å². The summed E-state index contributed by atoms with van der Waals surface area (Å²) in [6.07, 6.45) is 1.49. The van der Waals surface area contributed by atoms with Gasteiger partial charge < -0.3 is 10.6 Å². The molecule has 146 valence electrons. The third kappa shape index (κ3) is 3.50. The zero-order chi connectivity index (χ0) is 20.5. The van der Waals surface area contributed by atoms with Crippen LogP contribution in [0.15, 0.2) is 30.3 Å². The molecule has 0 unspecified atom stereocenters. The molecule has 0 amide bonds. The van der Waals surface area contributed by atoms with Gasteiger partial charge in [0.1, 0.15) is 16.9 Å². The number of nitro benzene ring substituents is 1. The van der Waals surface area contributed by atoms with E-state index in [9.17, 15) is 15.4 Å². The molecule has 0 saturated heterocycles. The van der Waals surface area contributed by atoms with Gasteiger partial charge in [0.25, 0.3) is 5.69 Å². The zero-order valence-corrected chi connectivity index (χ0v) is 16.6. The van der Waals surface area contributed by atoms with Gasteiger partial charge in [-0.25, -0.2) is 9.97 Å². The van der Waals surface area contributed by atoms with Gasteiger partial charge in [-0.3, -0.25) is 10.1 Å². The number of nitrogen functional groups attached to an aromatic ring is 1. The van der Waals surface area contributed by atoms with Crippen molar-refractivity contribution in [1.29, 1.82) is 5.26 Å². The van der Waals surface area contributed by atoms with E-state index in [0.717, 1.165) is 46.9 Å². The first-order chi connectivity index (χ1) is 14.0. The maximum atomic E-state index is 10.9. The van der Waals surface area contributed by atoms with E-state index in [4.69, 9.17) is 10.7 Å². The van der Waals surface area contributed by atoms with Crippen LogP contribution in [0, 0.1) is 21.4 Å². The first-order valence-electron chi connectivity index (χ1n) is 9.18. The lowest BCUT2D eigenvalue weighted by Gasteiger charge is -2.28. The highest BCUT2D eigenvalue weighted by atomic mass is 32.1. The van der Waals surface area contributed by atoms with E-state index in [0.29, 0.717) is 22.9 Å². The Hall–Kier alpha value is -3.51. The van der Waals surface area contributed by atoms with Crippen molar-refractivity contribution in [1.82, 2.24) is 9.97 Å². The Morgan fingerprint density at radius 2 is 2.10 bits per heavy atom. The SMILES string of the molecule is CCc1cc(N2CCc3c(sc(N)c3C#N)C2)nc(-c2ccc([N+](=O)[O-])cc2)n1.